The van der Waals surface area contributed by atoms with E-state index in [4.69, 9.17) is 13.9 Å². The Morgan fingerprint density at radius 3 is 1.65 bits per heavy atom. The van der Waals surface area contributed by atoms with E-state index < -0.39 is 5.97 Å². The van der Waals surface area contributed by atoms with Crippen LogP contribution in [0.3, 0.4) is 0 Å². The molecule has 222 valence electrons. The molecule has 6 rings (SSSR count). The summed E-state index contributed by atoms with van der Waals surface area (Å²) in [6.07, 6.45) is 12.7. The number of nitrogens with one attached hydrogen (secondary N) is 1. The first kappa shape index (κ1) is 29.8. The van der Waals surface area contributed by atoms with Gasteiger partial charge < -0.3 is 19.3 Å². The molecule has 0 bridgehead atoms. The van der Waals surface area contributed by atoms with Crippen molar-refractivity contribution in [1.29, 1.82) is 0 Å². The number of carboxylic acids is 1. The number of amides is 1. The highest BCUT2D eigenvalue weighted by Crippen LogP contribution is 2.30. The van der Waals surface area contributed by atoms with Crippen LogP contribution in [0, 0.1) is 0 Å². The second kappa shape index (κ2) is 13.5. The highest BCUT2D eigenvalue weighted by atomic mass is 16.4. The summed E-state index contributed by atoms with van der Waals surface area (Å²) in [7, 11) is 1.60. The second-order valence-corrected chi connectivity index (χ2v) is 10.9. The zero-order valence-electron chi connectivity index (χ0n) is 24.2. The molecular formula is C35H35NO7. The van der Waals surface area contributed by atoms with Crippen LogP contribution in [0.5, 0.6) is 0 Å². The summed E-state index contributed by atoms with van der Waals surface area (Å²) >= 11 is 0. The minimum atomic E-state index is -0.938. The maximum Gasteiger partial charge on any atom is 0.307 e. The van der Waals surface area contributed by atoms with Gasteiger partial charge in [-0.1, -0.05) is 36.4 Å². The van der Waals surface area contributed by atoms with E-state index in [0.717, 1.165) is 61.7 Å². The first-order valence-electron chi connectivity index (χ1n) is 14.8. The molecule has 2 aliphatic rings. The van der Waals surface area contributed by atoms with Crippen molar-refractivity contribution in [3.8, 4) is 0 Å². The van der Waals surface area contributed by atoms with Crippen molar-refractivity contribution in [2.24, 2.45) is 0 Å². The SMILES string of the molecule is CNC(=O)Cc1cccc2c(=O)cc(C3=CCCCC3)oc12.O=C(O)Cc1cccc2c(=O)cc(C3=CCCCC3)oc12. The van der Waals surface area contributed by atoms with Gasteiger partial charge in [0.2, 0.25) is 5.91 Å². The molecule has 0 unspecified atom stereocenters. The van der Waals surface area contributed by atoms with Crippen molar-refractivity contribution < 1.29 is 23.5 Å². The maximum atomic E-state index is 12.4. The summed E-state index contributed by atoms with van der Waals surface area (Å²) in [5.74, 6) is 0.177. The second-order valence-electron chi connectivity index (χ2n) is 10.9. The average molecular weight is 582 g/mol. The third kappa shape index (κ3) is 7.02. The van der Waals surface area contributed by atoms with E-state index >= 15 is 0 Å². The Balaban J connectivity index is 0.000000171. The van der Waals surface area contributed by atoms with E-state index in [-0.39, 0.29) is 29.6 Å². The summed E-state index contributed by atoms with van der Waals surface area (Å²) in [4.78, 5) is 47.2. The normalized spacial score (nSPS) is 14.8. The molecule has 2 aromatic heterocycles. The van der Waals surface area contributed by atoms with Crippen LogP contribution in [0.25, 0.3) is 33.1 Å². The first-order valence-corrected chi connectivity index (χ1v) is 14.8. The van der Waals surface area contributed by atoms with Gasteiger partial charge in [0.1, 0.15) is 22.7 Å². The average Bonchev–Trinajstić information content (AvgIpc) is 3.02. The van der Waals surface area contributed by atoms with E-state index in [9.17, 15) is 19.2 Å². The van der Waals surface area contributed by atoms with E-state index in [1.807, 2.05) is 6.07 Å². The molecule has 0 saturated heterocycles. The Bertz CT molecular complexity index is 1860. The van der Waals surface area contributed by atoms with Gasteiger partial charge in [0.25, 0.3) is 0 Å². The molecule has 4 aromatic rings. The zero-order chi connectivity index (χ0) is 30.3. The molecule has 0 radical (unpaired) electrons. The molecule has 8 heteroatoms. The summed E-state index contributed by atoms with van der Waals surface area (Å²) < 4.78 is 11.9. The monoisotopic (exact) mass is 581 g/mol. The van der Waals surface area contributed by atoms with E-state index in [2.05, 4.69) is 17.5 Å². The van der Waals surface area contributed by atoms with Gasteiger partial charge >= 0.3 is 5.97 Å². The number of para-hydroxylation sites is 2. The zero-order valence-corrected chi connectivity index (χ0v) is 24.2. The van der Waals surface area contributed by atoms with Gasteiger partial charge in [-0.15, -0.1) is 0 Å². The van der Waals surface area contributed by atoms with Crippen molar-refractivity contribution in [3.63, 3.8) is 0 Å². The van der Waals surface area contributed by atoms with E-state index in [1.165, 1.54) is 12.5 Å². The lowest BCUT2D eigenvalue weighted by Crippen LogP contribution is -2.20. The first-order chi connectivity index (χ1) is 20.8. The van der Waals surface area contributed by atoms with Crippen LogP contribution in [-0.4, -0.2) is 24.0 Å². The van der Waals surface area contributed by atoms with Crippen LogP contribution >= 0.6 is 0 Å². The molecule has 0 aliphatic heterocycles. The molecular weight excluding hydrogens is 546 g/mol. The van der Waals surface area contributed by atoms with Crippen LogP contribution in [-0.2, 0) is 22.4 Å². The fourth-order valence-corrected chi connectivity index (χ4v) is 5.61. The highest BCUT2D eigenvalue weighted by Gasteiger charge is 2.16. The van der Waals surface area contributed by atoms with Crippen molar-refractivity contribution >= 4 is 45.0 Å². The van der Waals surface area contributed by atoms with Gasteiger partial charge in [-0.05, 0) is 74.6 Å². The fraction of sp³-hybridized carbons (Fsp3) is 0.314. The summed E-state index contributed by atoms with van der Waals surface area (Å²) in [6, 6.07) is 13.5. The van der Waals surface area contributed by atoms with Crippen LogP contribution in [0.4, 0.5) is 0 Å². The predicted octanol–water partition coefficient (Wildman–Crippen LogP) is 6.42. The molecule has 2 aliphatic carbocycles. The minimum absolute atomic E-state index is 0.0542. The predicted molar refractivity (Wildman–Crippen MR) is 167 cm³/mol. The number of carbonyl (C=O) groups excluding carboxylic acids is 1. The minimum Gasteiger partial charge on any atom is -0.481 e. The number of hydrogen-bond donors (Lipinski definition) is 2. The highest BCUT2D eigenvalue weighted by molar-refractivity contribution is 5.87. The molecule has 0 spiro atoms. The lowest BCUT2D eigenvalue weighted by Gasteiger charge is -2.13. The Morgan fingerprint density at radius 2 is 1.23 bits per heavy atom. The Morgan fingerprint density at radius 1 is 0.744 bits per heavy atom. The van der Waals surface area contributed by atoms with Gasteiger partial charge in [0, 0.05) is 30.3 Å². The number of likely N-dealkylation sites (N-methyl/N-ethyl adjacent to an activating group) is 1. The molecule has 43 heavy (non-hydrogen) atoms. The number of aliphatic carboxylic acids is 1. The van der Waals surface area contributed by atoms with Crippen molar-refractivity contribution in [2.45, 2.75) is 64.2 Å². The van der Waals surface area contributed by atoms with Gasteiger partial charge in [-0.3, -0.25) is 19.2 Å². The molecule has 8 nitrogen and oxygen atoms in total. The molecule has 1 amide bonds. The number of carboxylic acid groups (broad SMARTS) is 1. The summed E-state index contributed by atoms with van der Waals surface area (Å²) in [5, 5.41) is 12.6. The van der Waals surface area contributed by atoms with Crippen molar-refractivity contribution in [1.82, 2.24) is 5.32 Å². The lowest BCUT2D eigenvalue weighted by atomic mass is 9.97. The topological polar surface area (TPSA) is 127 Å². The summed E-state index contributed by atoms with van der Waals surface area (Å²) in [6.45, 7) is 0. The number of fused-ring (bicyclic) bond motifs is 2. The number of rotatable bonds is 6. The standard InChI is InChI=1S/C18H19NO3.C17H16O4/c1-19-17(21)10-13-8-5-9-14-15(20)11-16(22-18(13)14)12-6-3-2-4-7-12;18-14-10-15(11-5-2-1-3-6-11)21-17-12(9-16(19)20)7-4-8-13(14)17/h5-6,8-9,11H,2-4,7,10H2,1H3,(H,19,21);4-5,7-8,10H,1-3,6,9H2,(H,19,20). The molecule has 2 aromatic carbocycles. The Labute approximate surface area is 248 Å². The van der Waals surface area contributed by atoms with E-state index in [0.29, 0.717) is 39.0 Å². The van der Waals surface area contributed by atoms with Crippen molar-refractivity contribution in [2.75, 3.05) is 7.05 Å². The Kier molecular flexibility index (Phi) is 9.35. The van der Waals surface area contributed by atoms with E-state index in [1.54, 1.807) is 43.4 Å². The number of hydrogen-bond acceptors (Lipinski definition) is 6. The van der Waals surface area contributed by atoms with Gasteiger partial charge in [0.05, 0.1) is 23.6 Å². The van der Waals surface area contributed by atoms with Gasteiger partial charge in [0.15, 0.2) is 10.9 Å². The maximum absolute atomic E-state index is 12.4. The molecule has 2 heterocycles. The number of carbonyl (C=O) groups is 2. The molecule has 0 atom stereocenters. The Hall–Kier alpha value is -4.72. The quantitative estimate of drug-likeness (QED) is 0.269. The van der Waals surface area contributed by atoms with Crippen molar-refractivity contribution in [3.05, 3.63) is 104 Å². The van der Waals surface area contributed by atoms with Crippen LogP contribution in [0.2, 0.25) is 0 Å². The number of benzene rings is 2. The number of allylic oxidation sites excluding steroid dienone is 4. The summed E-state index contributed by atoms with van der Waals surface area (Å²) in [5.41, 5.74) is 4.17. The third-order valence-corrected chi connectivity index (χ3v) is 7.86. The molecule has 0 saturated carbocycles. The van der Waals surface area contributed by atoms with Crippen LogP contribution < -0.4 is 16.2 Å². The van der Waals surface area contributed by atoms with Gasteiger partial charge in [-0.2, -0.15) is 0 Å². The molecule has 0 fully saturated rings. The smallest absolute Gasteiger partial charge is 0.307 e. The molecule has 2 N–H and O–H groups in total. The van der Waals surface area contributed by atoms with Crippen LogP contribution in [0.15, 0.2) is 79.1 Å². The third-order valence-electron chi connectivity index (χ3n) is 7.86. The van der Waals surface area contributed by atoms with Crippen LogP contribution in [0.1, 0.15) is 74.0 Å². The largest absolute Gasteiger partial charge is 0.481 e. The lowest BCUT2D eigenvalue weighted by molar-refractivity contribution is -0.136. The van der Waals surface area contributed by atoms with Gasteiger partial charge in [-0.25, -0.2) is 0 Å². The fourth-order valence-electron chi connectivity index (χ4n) is 5.61.